The first-order valence-corrected chi connectivity index (χ1v) is 17.3. The number of nitrogens with zero attached hydrogens (tertiary/aromatic N) is 2. The van der Waals surface area contributed by atoms with Gasteiger partial charge in [0.15, 0.2) is 0 Å². The Labute approximate surface area is 278 Å². The van der Waals surface area contributed by atoms with E-state index in [-0.39, 0.29) is 35.5 Å². The second-order valence-corrected chi connectivity index (χ2v) is 14.1. The summed E-state index contributed by atoms with van der Waals surface area (Å²) in [5.74, 6) is -0.820. The van der Waals surface area contributed by atoms with Gasteiger partial charge in [-0.25, -0.2) is 8.42 Å². The van der Waals surface area contributed by atoms with Gasteiger partial charge in [0.05, 0.1) is 10.6 Å². The van der Waals surface area contributed by atoms with Crippen molar-refractivity contribution in [2.45, 2.75) is 71.0 Å². The van der Waals surface area contributed by atoms with Crippen molar-refractivity contribution in [3.05, 3.63) is 130 Å². The topological polar surface area (TPSA) is 86.8 Å². The van der Waals surface area contributed by atoms with Crippen molar-refractivity contribution in [3.63, 3.8) is 0 Å². The van der Waals surface area contributed by atoms with Crippen LogP contribution in [-0.4, -0.2) is 43.8 Å². The number of aryl methyl sites for hydroxylation is 3. The Morgan fingerprint density at radius 3 is 2.13 bits per heavy atom. The van der Waals surface area contributed by atoms with Gasteiger partial charge in [-0.05, 0) is 75.1 Å². The van der Waals surface area contributed by atoms with E-state index in [1.165, 1.54) is 17.0 Å². The molecule has 0 saturated carbocycles. The molecule has 0 heterocycles. The molecule has 0 aromatic heterocycles. The standard InChI is InChI=1S/C37H42ClN3O4S/c1-6-29(5)39-37(43)35(22-30-12-8-7-9-13-30)40(24-31-14-10-11-27(3)21-31)36(42)25-41(32-18-17-28(4)34(38)23-32)46(44,45)33-19-15-26(2)16-20-33/h7-21,23,29,35H,6,22,24-25H2,1-5H3,(H,39,43). The van der Waals surface area contributed by atoms with Crippen LogP contribution in [-0.2, 0) is 32.6 Å². The molecule has 2 unspecified atom stereocenters. The largest absolute Gasteiger partial charge is 0.352 e. The average Bonchev–Trinajstić information content (AvgIpc) is 3.03. The van der Waals surface area contributed by atoms with E-state index in [1.54, 1.807) is 30.3 Å². The molecule has 0 aliphatic heterocycles. The van der Waals surface area contributed by atoms with Crippen LogP contribution in [0.4, 0.5) is 5.69 Å². The number of carbonyl (C=O) groups is 2. The summed E-state index contributed by atoms with van der Waals surface area (Å²) in [4.78, 5) is 30.1. The molecule has 0 saturated heterocycles. The van der Waals surface area contributed by atoms with Gasteiger partial charge in [-0.2, -0.15) is 0 Å². The van der Waals surface area contributed by atoms with Gasteiger partial charge < -0.3 is 10.2 Å². The van der Waals surface area contributed by atoms with Crippen LogP contribution in [0, 0.1) is 20.8 Å². The molecule has 0 bridgehead atoms. The van der Waals surface area contributed by atoms with Gasteiger partial charge in [-0.3, -0.25) is 13.9 Å². The number of halogens is 1. The van der Waals surface area contributed by atoms with Crippen molar-refractivity contribution in [2.75, 3.05) is 10.8 Å². The number of carbonyl (C=O) groups excluding carboxylic acids is 2. The zero-order chi connectivity index (χ0) is 33.4. The Bertz CT molecular complexity index is 1760. The zero-order valence-electron chi connectivity index (χ0n) is 27.0. The molecule has 4 aromatic rings. The minimum Gasteiger partial charge on any atom is -0.352 e. The van der Waals surface area contributed by atoms with E-state index in [9.17, 15) is 18.0 Å². The second kappa shape index (κ2) is 15.4. The van der Waals surface area contributed by atoms with Gasteiger partial charge in [0, 0.05) is 24.0 Å². The van der Waals surface area contributed by atoms with Crippen LogP contribution in [0.2, 0.25) is 5.02 Å². The molecule has 2 atom stereocenters. The molecule has 4 aromatic carbocycles. The summed E-state index contributed by atoms with van der Waals surface area (Å²) >= 11 is 6.47. The van der Waals surface area contributed by atoms with Crippen LogP contribution in [0.1, 0.15) is 48.1 Å². The molecule has 0 aliphatic carbocycles. The van der Waals surface area contributed by atoms with Crippen molar-refractivity contribution in [2.24, 2.45) is 0 Å². The van der Waals surface area contributed by atoms with Crippen molar-refractivity contribution in [1.82, 2.24) is 10.2 Å². The van der Waals surface area contributed by atoms with Gasteiger partial charge in [0.1, 0.15) is 12.6 Å². The van der Waals surface area contributed by atoms with Crippen molar-refractivity contribution in [1.29, 1.82) is 0 Å². The van der Waals surface area contributed by atoms with Crippen LogP contribution in [0.15, 0.2) is 102 Å². The van der Waals surface area contributed by atoms with E-state index < -0.39 is 28.5 Å². The summed E-state index contributed by atoms with van der Waals surface area (Å²) in [5, 5.41) is 3.44. The van der Waals surface area contributed by atoms with Gasteiger partial charge in [0.25, 0.3) is 10.0 Å². The maximum absolute atomic E-state index is 14.6. The first kappa shape index (κ1) is 34.7. The summed E-state index contributed by atoms with van der Waals surface area (Å²) in [6.45, 7) is 9.13. The Balaban J connectivity index is 1.83. The highest BCUT2D eigenvalue weighted by molar-refractivity contribution is 7.92. The van der Waals surface area contributed by atoms with E-state index in [1.807, 2.05) is 89.2 Å². The van der Waals surface area contributed by atoms with Crippen molar-refractivity contribution in [3.8, 4) is 0 Å². The van der Waals surface area contributed by atoms with E-state index in [2.05, 4.69) is 5.32 Å². The number of rotatable bonds is 13. The highest BCUT2D eigenvalue weighted by Gasteiger charge is 2.35. The summed E-state index contributed by atoms with van der Waals surface area (Å²) in [6, 6.07) is 27.6. The van der Waals surface area contributed by atoms with E-state index in [4.69, 9.17) is 11.6 Å². The lowest BCUT2D eigenvalue weighted by molar-refractivity contribution is -0.140. The quantitative estimate of drug-likeness (QED) is 0.167. The predicted octanol–water partition coefficient (Wildman–Crippen LogP) is 7.02. The first-order chi connectivity index (χ1) is 21.9. The fourth-order valence-electron chi connectivity index (χ4n) is 5.11. The van der Waals surface area contributed by atoms with Crippen LogP contribution in [0.3, 0.4) is 0 Å². The molecule has 4 rings (SSSR count). The van der Waals surface area contributed by atoms with Gasteiger partial charge in [-0.15, -0.1) is 0 Å². The molecular weight excluding hydrogens is 618 g/mol. The number of hydrogen-bond donors (Lipinski definition) is 1. The zero-order valence-corrected chi connectivity index (χ0v) is 28.6. The normalized spacial score (nSPS) is 12.7. The molecule has 1 N–H and O–H groups in total. The lowest BCUT2D eigenvalue weighted by Gasteiger charge is -2.34. The molecule has 0 radical (unpaired) electrons. The monoisotopic (exact) mass is 659 g/mol. The maximum Gasteiger partial charge on any atom is 0.264 e. The number of sulfonamides is 1. The number of hydrogen-bond acceptors (Lipinski definition) is 4. The Kier molecular flexibility index (Phi) is 11.7. The molecule has 242 valence electrons. The van der Waals surface area contributed by atoms with Crippen LogP contribution in [0.5, 0.6) is 0 Å². The second-order valence-electron chi connectivity index (χ2n) is 11.8. The van der Waals surface area contributed by atoms with E-state index in [0.29, 0.717) is 11.4 Å². The molecule has 0 aliphatic rings. The SMILES string of the molecule is CCC(C)NC(=O)C(Cc1ccccc1)N(Cc1cccc(C)c1)C(=O)CN(c1ccc(C)c(Cl)c1)S(=O)(=O)c1ccc(C)cc1. The molecule has 7 nitrogen and oxygen atoms in total. The number of anilines is 1. The lowest BCUT2D eigenvalue weighted by Crippen LogP contribution is -2.54. The van der Waals surface area contributed by atoms with Gasteiger partial charge >= 0.3 is 0 Å². The first-order valence-electron chi connectivity index (χ1n) is 15.4. The van der Waals surface area contributed by atoms with Crippen LogP contribution < -0.4 is 9.62 Å². The Morgan fingerprint density at radius 2 is 1.50 bits per heavy atom. The number of amides is 2. The smallest absolute Gasteiger partial charge is 0.264 e. The third kappa shape index (κ3) is 8.77. The van der Waals surface area contributed by atoms with E-state index in [0.717, 1.165) is 32.1 Å². The third-order valence-corrected chi connectivity index (χ3v) is 10.2. The summed E-state index contributed by atoms with van der Waals surface area (Å²) in [7, 11) is -4.21. The molecule has 9 heteroatoms. The highest BCUT2D eigenvalue weighted by Crippen LogP contribution is 2.29. The lowest BCUT2D eigenvalue weighted by atomic mass is 10.0. The van der Waals surface area contributed by atoms with Gasteiger partial charge in [-0.1, -0.05) is 102 Å². The number of nitrogens with one attached hydrogen (secondary N) is 1. The maximum atomic E-state index is 14.6. The van der Waals surface area contributed by atoms with Crippen LogP contribution >= 0.6 is 11.6 Å². The fraction of sp³-hybridized carbons (Fsp3) is 0.297. The summed E-state index contributed by atoms with van der Waals surface area (Å²) < 4.78 is 29.5. The van der Waals surface area contributed by atoms with Crippen molar-refractivity contribution < 1.29 is 18.0 Å². The third-order valence-electron chi connectivity index (χ3n) is 8.04. The van der Waals surface area contributed by atoms with E-state index >= 15 is 0 Å². The highest BCUT2D eigenvalue weighted by atomic mass is 35.5. The molecule has 46 heavy (non-hydrogen) atoms. The minimum atomic E-state index is -4.21. The fourth-order valence-corrected chi connectivity index (χ4v) is 6.69. The Hall–Kier alpha value is -4.14. The summed E-state index contributed by atoms with van der Waals surface area (Å²) in [6.07, 6.45) is 0.966. The Morgan fingerprint density at radius 1 is 0.826 bits per heavy atom. The average molecular weight is 660 g/mol. The predicted molar refractivity (Wildman–Crippen MR) is 185 cm³/mol. The van der Waals surface area contributed by atoms with Gasteiger partial charge in [0.2, 0.25) is 11.8 Å². The minimum absolute atomic E-state index is 0.0446. The summed E-state index contributed by atoms with van der Waals surface area (Å²) in [5.41, 5.74) is 4.64. The molecular formula is C37H42ClN3O4S. The molecule has 0 fully saturated rings. The molecule has 2 amide bonds. The van der Waals surface area contributed by atoms with Crippen molar-refractivity contribution >= 4 is 39.1 Å². The molecule has 0 spiro atoms. The van der Waals surface area contributed by atoms with Crippen LogP contribution in [0.25, 0.3) is 0 Å². The number of benzene rings is 4.